The Labute approximate surface area is 227 Å². The summed E-state index contributed by atoms with van der Waals surface area (Å²) in [5, 5.41) is 39.4. The van der Waals surface area contributed by atoms with Crippen LogP contribution in [-0.4, -0.2) is 88.6 Å². The lowest BCUT2D eigenvalue weighted by Gasteiger charge is -2.50. The number of hydrogen-bond donors (Lipinski definition) is 5. The molecule has 10 heteroatoms. The van der Waals surface area contributed by atoms with Crippen molar-refractivity contribution in [1.82, 2.24) is 10.6 Å². The number of aliphatic hydroxyl groups is 3. The Hall–Kier alpha value is -1.43. The number of hydrogen-bond acceptors (Lipinski definition) is 9. The highest BCUT2D eigenvalue weighted by Gasteiger charge is 2.52. The number of carbonyl (C=O) groups excluding carboxylic acids is 1. The van der Waals surface area contributed by atoms with E-state index in [9.17, 15) is 20.1 Å². The van der Waals surface area contributed by atoms with Crippen molar-refractivity contribution in [2.75, 3.05) is 13.2 Å². The van der Waals surface area contributed by atoms with Crippen molar-refractivity contribution in [3.8, 4) is 0 Å². The Kier molecular flexibility index (Phi) is 10.5. The minimum absolute atomic E-state index is 0.0181. The van der Waals surface area contributed by atoms with Gasteiger partial charge < -0.3 is 44.9 Å². The maximum Gasteiger partial charge on any atom is 0.407 e. The molecule has 220 valence electrons. The van der Waals surface area contributed by atoms with Gasteiger partial charge in [-0.15, -0.1) is 0 Å². The van der Waals surface area contributed by atoms with Crippen LogP contribution >= 0.6 is 0 Å². The van der Waals surface area contributed by atoms with E-state index in [2.05, 4.69) is 23.6 Å². The van der Waals surface area contributed by atoms with Crippen LogP contribution in [0, 0.1) is 11.8 Å². The lowest BCUT2D eigenvalue weighted by atomic mass is 9.71. The van der Waals surface area contributed by atoms with E-state index in [0.29, 0.717) is 13.0 Å². The molecule has 3 rings (SSSR count). The third kappa shape index (κ3) is 8.05. The van der Waals surface area contributed by atoms with E-state index in [1.165, 1.54) is 0 Å². The van der Waals surface area contributed by atoms with E-state index in [1.54, 1.807) is 6.92 Å². The van der Waals surface area contributed by atoms with Crippen molar-refractivity contribution in [3.05, 3.63) is 11.8 Å². The SMILES string of the molecule is CCCNC1CC(NC(=O)OC(C)(C)C)C(C2OC(CC)=CCC2C)C(O)C1OC1OCC(C)(O)CC1O. The van der Waals surface area contributed by atoms with E-state index < -0.39 is 53.9 Å². The smallest absolute Gasteiger partial charge is 0.407 e. The van der Waals surface area contributed by atoms with Crippen molar-refractivity contribution in [2.24, 2.45) is 11.8 Å². The lowest BCUT2D eigenvalue weighted by Crippen LogP contribution is -2.67. The van der Waals surface area contributed by atoms with E-state index in [4.69, 9.17) is 18.9 Å². The van der Waals surface area contributed by atoms with Crippen LogP contribution in [0.1, 0.15) is 80.6 Å². The molecular weight excluding hydrogens is 492 g/mol. The molecular formula is C28H50N2O8. The van der Waals surface area contributed by atoms with Crippen LogP contribution in [0.3, 0.4) is 0 Å². The number of alkyl carbamates (subject to hydrolysis) is 1. The van der Waals surface area contributed by atoms with Crippen LogP contribution in [0.4, 0.5) is 4.79 Å². The van der Waals surface area contributed by atoms with Crippen molar-refractivity contribution in [3.63, 3.8) is 0 Å². The normalized spacial score (nSPS) is 40.2. The number of allylic oxidation sites excluding steroid dienone is 2. The van der Waals surface area contributed by atoms with Gasteiger partial charge in [0, 0.05) is 30.8 Å². The zero-order valence-electron chi connectivity index (χ0n) is 24.1. The average Bonchev–Trinajstić information content (AvgIpc) is 2.80. The summed E-state index contributed by atoms with van der Waals surface area (Å²) in [7, 11) is 0. The van der Waals surface area contributed by atoms with Crippen molar-refractivity contribution in [1.29, 1.82) is 0 Å². The summed E-state index contributed by atoms with van der Waals surface area (Å²) in [5.74, 6) is 0.467. The molecule has 38 heavy (non-hydrogen) atoms. The van der Waals surface area contributed by atoms with E-state index in [0.717, 1.165) is 25.0 Å². The van der Waals surface area contributed by atoms with Gasteiger partial charge in [0.2, 0.25) is 0 Å². The summed E-state index contributed by atoms with van der Waals surface area (Å²) in [5.41, 5.74) is -1.82. The first-order chi connectivity index (χ1) is 17.7. The molecule has 2 heterocycles. The molecule has 2 aliphatic heterocycles. The van der Waals surface area contributed by atoms with Crippen LogP contribution in [0.5, 0.6) is 0 Å². The summed E-state index contributed by atoms with van der Waals surface area (Å²) < 4.78 is 24.0. The van der Waals surface area contributed by atoms with E-state index >= 15 is 0 Å². The minimum Gasteiger partial charge on any atom is -0.494 e. The van der Waals surface area contributed by atoms with Gasteiger partial charge in [-0.1, -0.05) is 20.8 Å². The fraction of sp³-hybridized carbons (Fsp3) is 0.893. The topological polar surface area (TPSA) is 139 Å². The van der Waals surface area contributed by atoms with Gasteiger partial charge in [0.25, 0.3) is 0 Å². The number of ether oxygens (including phenoxy) is 4. The number of aliphatic hydroxyl groups excluding tert-OH is 2. The molecule has 0 aromatic heterocycles. The summed E-state index contributed by atoms with van der Waals surface area (Å²) in [4.78, 5) is 12.9. The standard InChI is InChI=1S/C28H50N2O8/c1-8-12-29-19-13-18(30-26(33)38-27(4,5)6)21(23-16(3)10-11-17(9-2)36-23)22(32)24(19)37-25-20(31)14-28(7,34)15-35-25/h11,16,18-25,29,31-32,34H,8-10,12-15H2,1-7H3,(H,30,33). The predicted octanol–water partition coefficient (Wildman–Crippen LogP) is 2.59. The molecule has 0 spiro atoms. The number of carbonyl (C=O) groups is 1. The van der Waals surface area contributed by atoms with Gasteiger partial charge in [0.05, 0.1) is 24.1 Å². The average molecular weight is 543 g/mol. The maximum absolute atomic E-state index is 12.9. The quantitative estimate of drug-likeness (QED) is 0.313. The molecule has 2 fully saturated rings. The van der Waals surface area contributed by atoms with Crippen LogP contribution in [0.2, 0.25) is 0 Å². The van der Waals surface area contributed by atoms with E-state index in [1.807, 2.05) is 34.6 Å². The molecule has 0 aromatic carbocycles. The summed E-state index contributed by atoms with van der Waals surface area (Å²) in [6.45, 7) is 13.9. The predicted molar refractivity (Wildman–Crippen MR) is 142 cm³/mol. The van der Waals surface area contributed by atoms with Gasteiger partial charge in [-0.2, -0.15) is 0 Å². The third-order valence-electron chi connectivity index (χ3n) is 7.56. The molecule has 5 N–H and O–H groups in total. The molecule has 1 saturated carbocycles. The minimum atomic E-state index is -1.15. The third-order valence-corrected chi connectivity index (χ3v) is 7.56. The molecule has 3 aliphatic rings. The zero-order chi connectivity index (χ0) is 28.3. The lowest BCUT2D eigenvalue weighted by molar-refractivity contribution is -0.290. The van der Waals surface area contributed by atoms with Crippen molar-refractivity contribution >= 4 is 6.09 Å². The Bertz CT molecular complexity index is 813. The number of rotatable bonds is 8. The second-order valence-electron chi connectivity index (χ2n) is 12.5. The second-order valence-corrected chi connectivity index (χ2v) is 12.5. The molecule has 0 aromatic rings. The first-order valence-corrected chi connectivity index (χ1v) is 14.2. The second kappa shape index (κ2) is 12.8. The molecule has 1 saturated heterocycles. The monoisotopic (exact) mass is 542 g/mol. The fourth-order valence-corrected chi connectivity index (χ4v) is 5.74. The Balaban J connectivity index is 1.91. The Morgan fingerprint density at radius 1 is 1.24 bits per heavy atom. The molecule has 0 bridgehead atoms. The van der Waals surface area contributed by atoms with Crippen molar-refractivity contribution < 1.29 is 39.1 Å². The number of nitrogens with one attached hydrogen (secondary N) is 2. The van der Waals surface area contributed by atoms with Crippen LogP contribution < -0.4 is 10.6 Å². The highest BCUT2D eigenvalue weighted by atomic mass is 16.7. The van der Waals surface area contributed by atoms with Crippen LogP contribution in [0.25, 0.3) is 0 Å². The van der Waals surface area contributed by atoms with Crippen molar-refractivity contribution in [2.45, 2.75) is 135 Å². The zero-order valence-corrected chi connectivity index (χ0v) is 24.1. The first-order valence-electron chi connectivity index (χ1n) is 14.2. The van der Waals surface area contributed by atoms with Gasteiger partial charge in [-0.25, -0.2) is 4.79 Å². The molecule has 10 atom stereocenters. The van der Waals surface area contributed by atoms with Gasteiger partial charge in [-0.05, 0) is 65.5 Å². The Morgan fingerprint density at radius 2 is 1.95 bits per heavy atom. The highest BCUT2D eigenvalue weighted by Crippen LogP contribution is 2.39. The maximum atomic E-state index is 12.9. The van der Waals surface area contributed by atoms with Gasteiger partial charge in [-0.3, -0.25) is 0 Å². The highest BCUT2D eigenvalue weighted by molar-refractivity contribution is 5.68. The molecule has 0 radical (unpaired) electrons. The summed E-state index contributed by atoms with van der Waals surface area (Å²) in [6.07, 6.45) is 0.334. The first kappa shape index (κ1) is 31.1. The Morgan fingerprint density at radius 3 is 2.55 bits per heavy atom. The molecule has 10 unspecified atom stereocenters. The van der Waals surface area contributed by atoms with Crippen LogP contribution in [-0.2, 0) is 18.9 Å². The summed E-state index contributed by atoms with van der Waals surface area (Å²) >= 11 is 0. The molecule has 1 aliphatic carbocycles. The number of amides is 1. The summed E-state index contributed by atoms with van der Waals surface area (Å²) in [6, 6.07) is -0.782. The molecule has 10 nitrogen and oxygen atoms in total. The molecule has 1 amide bonds. The van der Waals surface area contributed by atoms with Gasteiger partial charge in [0.15, 0.2) is 6.29 Å². The van der Waals surface area contributed by atoms with Gasteiger partial charge >= 0.3 is 6.09 Å². The van der Waals surface area contributed by atoms with E-state index in [-0.39, 0.29) is 31.1 Å². The van der Waals surface area contributed by atoms with Crippen LogP contribution in [0.15, 0.2) is 11.8 Å². The van der Waals surface area contributed by atoms with Gasteiger partial charge in [0.1, 0.15) is 23.9 Å². The fourth-order valence-electron chi connectivity index (χ4n) is 5.74. The largest absolute Gasteiger partial charge is 0.494 e.